The minimum Gasteiger partial charge on any atom is -0.450 e. The van der Waals surface area contributed by atoms with E-state index in [2.05, 4.69) is 17.2 Å². The summed E-state index contributed by atoms with van der Waals surface area (Å²) in [5.74, 6) is -0.103. The number of amides is 2. The van der Waals surface area contributed by atoms with E-state index in [1.807, 2.05) is 6.07 Å². The predicted octanol–water partition coefficient (Wildman–Crippen LogP) is 1.82. The molecule has 0 radical (unpaired) electrons. The molecule has 1 saturated heterocycles. The Bertz CT molecular complexity index is 542. The molecule has 7 heteroatoms. The van der Waals surface area contributed by atoms with E-state index in [0.29, 0.717) is 38.5 Å². The topological polar surface area (TPSA) is 74.8 Å². The third-order valence-corrected chi connectivity index (χ3v) is 3.65. The van der Waals surface area contributed by atoms with Gasteiger partial charge in [0.1, 0.15) is 5.69 Å². The van der Waals surface area contributed by atoms with Crippen molar-refractivity contribution in [2.24, 2.45) is 0 Å². The third kappa shape index (κ3) is 4.58. The molecule has 1 aromatic rings. The molecule has 0 aromatic carbocycles. The fraction of sp³-hybridized carbons (Fsp3) is 0.562. The van der Waals surface area contributed by atoms with Gasteiger partial charge in [-0.1, -0.05) is 6.92 Å². The molecule has 1 aliphatic rings. The smallest absolute Gasteiger partial charge is 0.409 e. The number of ether oxygens (including phenoxy) is 1. The summed E-state index contributed by atoms with van der Waals surface area (Å²) in [6.45, 7) is 7.04. The van der Waals surface area contributed by atoms with Crippen LogP contribution in [0.3, 0.4) is 0 Å². The number of hydrogen-bond donors (Lipinski definition) is 1. The van der Waals surface area contributed by atoms with E-state index in [0.717, 1.165) is 18.7 Å². The first-order valence-electron chi connectivity index (χ1n) is 8.06. The Labute approximate surface area is 136 Å². The van der Waals surface area contributed by atoms with Crippen LogP contribution in [0.2, 0.25) is 0 Å². The maximum absolute atomic E-state index is 12.5. The molecule has 0 unspecified atom stereocenters. The SMILES string of the molecule is CCCNc1ccnc(C(=O)N2CCN(C(=O)OCC)CC2)c1. The van der Waals surface area contributed by atoms with Crippen LogP contribution in [0.4, 0.5) is 10.5 Å². The van der Waals surface area contributed by atoms with Crippen LogP contribution in [0.5, 0.6) is 0 Å². The van der Waals surface area contributed by atoms with Gasteiger partial charge in [-0.25, -0.2) is 4.79 Å². The van der Waals surface area contributed by atoms with Crippen LogP contribution in [-0.2, 0) is 4.74 Å². The van der Waals surface area contributed by atoms with Crippen molar-refractivity contribution in [3.8, 4) is 0 Å². The number of hydrogen-bond acceptors (Lipinski definition) is 5. The van der Waals surface area contributed by atoms with Gasteiger partial charge in [-0.15, -0.1) is 0 Å². The molecule has 0 aliphatic carbocycles. The van der Waals surface area contributed by atoms with Crippen molar-refractivity contribution in [1.29, 1.82) is 0 Å². The highest BCUT2D eigenvalue weighted by atomic mass is 16.6. The zero-order valence-corrected chi connectivity index (χ0v) is 13.7. The number of anilines is 1. The quantitative estimate of drug-likeness (QED) is 0.895. The van der Waals surface area contributed by atoms with Crippen molar-refractivity contribution in [2.75, 3.05) is 44.6 Å². The Hall–Kier alpha value is -2.31. The summed E-state index contributed by atoms with van der Waals surface area (Å²) in [5, 5.41) is 3.25. The molecule has 1 aliphatic heterocycles. The Balaban J connectivity index is 1.93. The zero-order valence-electron chi connectivity index (χ0n) is 13.7. The molecule has 1 fully saturated rings. The summed E-state index contributed by atoms with van der Waals surface area (Å²) < 4.78 is 4.98. The standard InChI is InChI=1S/C16H24N4O3/c1-3-6-17-13-5-7-18-14(12-13)15(21)19-8-10-20(11-9-19)16(22)23-4-2/h5,7,12H,3-4,6,8-11H2,1-2H3,(H,17,18). The lowest BCUT2D eigenvalue weighted by atomic mass is 10.2. The maximum atomic E-state index is 12.5. The van der Waals surface area contributed by atoms with Gasteiger partial charge in [-0.2, -0.15) is 0 Å². The molecule has 2 heterocycles. The number of rotatable bonds is 5. The third-order valence-electron chi connectivity index (χ3n) is 3.65. The highest BCUT2D eigenvalue weighted by molar-refractivity contribution is 5.93. The maximum Gasteiger partial charge on any atom is 0.409 e. The van der Waals surface area contributed by atoms with Gasteiger partial charge in [-0.05, 0) is 25.5 Å². The van der Waals surface area contributed by atoms with Crippen LogP contribution < -0.4 is 5.32 Å². The van der Waals surface area contributed by atoms with Gasteiger partial charge in [0.2, 0.25) is 0 Å². The van der Waals surface area contributed by atoms with Crippen molar-refractivity contribution in [3.63, 3.8) is 0 Å². The Morgan fingerprint density at radius 1 is 1.22 bits per heavy atom. The number of piperazine rings is 1. The van der Waals surface area contributed by atoms with Gasteiger partial charge in [0.15, 0.2) is 0 Å². The van der Waals surface area contributed by atoms with Gasteiger partial charge in [-0.3, -0.25) is 9.78 Å². The van der Waals surface area contributed by atoms with E-state index in [4.69, 9.17) is 4.74 Å². The zero-order chi connectivity index (χ0) is 16.7. The molecule has 126 valence electrons. The summed E-state index contributed by atoms with van der Waals surface area (Å²) in [7, 11) is 0. The lowest BCUT2D eigenvalue weighted by Gasteiger charge is -2.33. The van der Waals surface area contributed by atoms with Gasteiger partial charge >= 0.3 is 6.09 Å². The van der Waals surface area contributed by atoms with Crippen molar-refractivity contribution in [1.82, 2.24) is 14.8 Å². The lowest BCUT2D eigenvalue weighted by Crippen LogP contribution is -2.50. The van der Waals surface area contributed by atoms with Crippen LogP contribution in [0.1, 0.15) is 30.8 Å². The largest absolute Gasteiger partial charge is 0.450 e. The van der Waals surface area contributed by atoms with Gasteiger partial charge in [0, 0.05) is 44.6 Å². The second-order valence-electron chi connectivity index (χ2n) is 5.33. The number of carbonyl (C=O) groups is 2. The second kappa shape index (κ2) is 8.36. The Kier molecular flexibility index (Phi) is 6.19. The number of pyridine rings is 1. The molecule has 0 atom stereocenters. The van der Waals surface area contributed by atoms with Crippen LogP contribution in [0.15, 0.2) is 18.3 Å². The van der Waals surface area contributed by atoms with Gasteiger partial charge in [0.05, 0.1) is 6.61 Å². The van der Waals surface area contributed by atoms with Crippen molar-refractivity contribution < 1.29 is 14.3 Å². The van der Waals surface area contributed by atoms with Crippen molar-refractivity contribution in [2.45, 2.75) is 20.3 Å². The Morgan fingerprint density at radius 2 is 1.91 bits per heavy atom. The van der Waals surface area contributed by atoms with E-state index >= 15 is 0 Å². The lowest BCUT2D eigenvalue weighted by molar-refractivity contribution is 0.0566. The summed E-state index contributed by atoms with van der Waals surface area (Å²) in [5.41, 5.74) is 1.33. The van der Waals surface area contributed by atoms with E-state index in [1.165, 1.54) is 0 Å². The first kappa shape index (κ1) is 17.1. The van der Waals surface area contributed by atoms with E-state index in [1.54, 1.807) is 29.0 Å². The molecular formula is C16H24N4O3. The highest BCUT2D eigenvalue weighted by Gasteiger charge is 2.26. The van der Waals surface area contributed by atoms with Gasteiger partial charge in [0.25, 0.3) is 5.91 Å². The second-order valence-corrected chi connectivity index (χ2v) is 5.33. The molecule has 0 spiro atoms. The van der Waals surface area contributed by atoms with E-state index in [9.17, 15) is 9.59 Å². The minimum atomic E-state index is -0.316. The van der Waals surface area contributed by atoms with Crippen molar-refractivity contribution in [3.05, 3.63) is 24.0 Å². The van der Waals surface area contributed by atoms with Crippen molar-refractivity contribution >= 4 is 17.7 Å². The molecule has 0 saturated carbocycles. The Morgan fingerprint density at radius 3 is 2.57 bits per heavy atom. The normalized spacial score (nSPS) is 14.5. The molecule has 2 amide bonds. The average molecular weight is 320 g/mol. The highest BCUT2D eigenvalue weighted by Crippen LogP contribution is 2.12. The van der Waals surface area contributed by atoms with Gasteiger partial charge < -0.3 is 19.9 Å². The molecule has 1 N–H and O–H groups in total. The first-order valence-corrected chi connectivity index (χ1v) is 8.06. The minimum absolute atomic E-state index is 0.103. The molecular weight excluding hydrogens is 296 g/mol. The van der Waals surface area contributed by atoms with Crippen LogP contribution in [0.25, 0.3) is 0 Å². The first-order chi connectivity index (χ1) is 11.2. The predicted molar refractivity (Wildman–Crippen MR) is 87.5 cm³/mol. The van der Waals surface area contributed by atoms with E-state index < -0.39 is 0 Å². The molecule has 0 bridgehead atoms. The summed E-state index contributed by atoms with van der Waals surface area (Å²) >= 11 is 0. The monoisotopic (exact) mass is 320 g/mol. The molecule has 2 rings (SSSR count). The molecule has 23 heavy (non-hydrogen) atoms. The molecule has 1 aromatic heterocycles. The fourth-order valence-corrected chi connectivity index (χ4v) is 2.40. The van der Waals surface area contributed by atoms with Crippen LogP contribution in [-0.4, -0.2) is 66.1 Å². The number of carbonyl (C=O) groups excluding carboxylic acids is 2. The summed E-state index contributed by atoms with van der Waals surface area (Å²) in [6, 6.07) is 3.63. The number of nitrogens with one attached hydrogen (secondary N) is 1. The summed E-state index contributed by atoms with van der Waals surface area (Å²) in [4.78, 5) is 31.7. The molecule has 7 nitrogen and oxygen atoms in total. The van der Waals surface area contributed by atoms with E-state index in [-0.39, 0.29) is 12.0 Å². The number of nitrogens with zero attached hydrogens (tertiary/aromatic N) is 3. The van der Waals surface area contributed by atoms with Crippen LogP contribution >= 0.6 is 0 Å². The summed E-state index contributed by atoms with van der Waals surface area (Å²) in [6.07, 6.45) is 2.34. The number of aromatic nitrogens is 1. The van der Waals surface area contributed by atoms with Crippen LogP contribution in [0, 0.1) is 0 Å². The fourth-order valence-electron chi connectivity index (χ4n) is 2.40. The average Bonchev–Trinajstić information content (AvgIpc) is 2.60.